The molecular weight excluding hydrogens is 270 g/mol. The minimum atomic E-state index is -0.475. The lowest BCUT2D eigenvalue weighted by molar-refractivity contribution is 0.555. The number of thiazole rings is 1. The first-order valence-electron chi connectivity index (χ1n) is 5.14. The van der Waals surface area contributed by atoms with Crippen LogP contribution in [0.2, 0.25) is 0 Å². The largest absolute Gasteiger partial charge is 0.417 e. The van der Waals surface area contributed by atoms with E-state index in [2.05, 4.69) is 9.97 Å². The SMILES string of the molecule is Cc1csc(Sc2cc3[nH]c(=O)oc3cc2N)n1. The van der Waals surface area contributed by atoms with Crippen LogP contribution in [0.4, 0.5) is 5.69 Å². The number of H-pyrrole nitrogens is 1. The van der Waals surface area contributed by atoms with Crippen molar-refractivity contribution in [3.63, 3.8) is 0 Å². The molecule has 7 heteroatoms. The van der Waals surface area contributed by atoms with E-state index < -0.39 is 5.76 Å². The van der Waals surface area contributed by atoms with E-state index in [4.69, 9.17) is 10.2 Å². The monoisotopic (exact) mass is 279 g/mol. The smallest absolute Gasteiger partial charge is 0.408 e. The highest BCUT2D eigenvalue weighted by Gasteiger charge is 2.09. The number of nitrogens with one attached hydrogen (secondary N) is 1. The number of aryl methyl sites for hydroxylation is 1. The molecule has 92 valence electrons. The van der Waals surface area contributed by atoms with E-state index >= 15 is 0 Å². The van der Waals surface area contributed by atoms with Crippen LogP contribution in [-0.2, 0) is 0 Å². The average Bonchev–Trinajstić information content (AvgIpc) is 2.85. The Morgan fingerprint density at radius 2 is 2.33 bits per heavy atom. The van der Waals surface area contributed by atoms with Crippen molar-refractivity contribution in [3.8, 4) is 0 Å². The average molecular weight is 279 g/mol. The fraction of sp³-hybridized carbons (Fsp3) is 0.0909. The summed E-state index contributed by atoms with van der Waals surface area (Å²) in [7, 11) is 0. The summed E-state index contributed by atoms with van der Waals surface area (Å²) in [4.78, 5) is 18.9. The Kier molecular flexibility index (Phi) is 2.64. The van der Waals surface area contributed by atoms with Gasteiger partial charge in [0.25, 0.3) is 0 Å². The lowest BCUT2D eigenvalue weighted by atomic mass is 10.3. The van der Waals surface area contributed by atoms with Crippen molar-refractivity contribution in [2.24, 2.45) is 0 Å². The lowest BCUT2D eigenvalue weighted by Crippen LogP contribution is -1.93. The van der Waals surface area contributed by atoms with Crippen molar-refractivity contribution in [1.82, 2.24) is 9.97 Å². The zero-order valence-corrected chi connectivity index (χ0v) is 11.0. The highest BCUT2D eigenvalue weighted by molar-refractivity contribution is 8.01. The highest BCUT2D eigenvalue weighted by atomic mass is 32.2. The number of nitrogens with zero attached hydrogens (tertiary/aromatic N) is 1. The van der Waals surface area contributed by atoms with Crippen molar-refractivity contribution in [1.29, 1.82) is 0 Å². The third-order valence-corrected chi connectivity index (χ3v) is 4.48. The van der Waals surface area contributed by atoms with E-state index in [1.165, 1.54) is 11.8 Å². The lowest BCUT2D eigenvalue weighted by Gasteiger charge is -2.02. The van der Waals surface area contributed by atoms with Gasteiger partial charge in [-0.1, -0.05) is 11.8 Å². The topological polar surface area (TPSA) is 84.9 Å². The molecule has 5 nitrogen and oxygen atoms in total. The zero-order chi connectivity index (χ0) is 12.7. The summed E-state index contributed by atoms with van der Waals surface area (Å²) in [5.74, 6) is -0.475. The van der Waals surface area contributed by atoms with Crippen LogP contribution in [0, 0.1) is 6.92 Å². The fourth-order valence-electron chi connectivity index (χ4n) is 1.55. The molecule has 0 atom stereocenters. The van der Waals surface area contributed by atoms with Crippen LogP contribution in [-0.4, -0.2) is 9.97 Å². The molecule has 0 aliphatic rings. The third kappa shape index (κ3) is 2.02. The van der Waals surface area contributed by atoms with Gasteiger partial charge in [0.1, 0.15) is 0 Å². The second-order valence-electron chi connectivity index (χ2n) is 3.76. The van der Waals surface area contributed by atoms with Crippen LogP contribution >= 0.6 is 23.1 Å². The Labute approximate surface area is 110 Å². The van der Waals surface area contributed by atoms with Gasteiger partial charge in [0.15, 0.2) is 9.92 Å². The maximum atomic E-state index is 11.1. The molecule has 3 aromatic rings. The first-order valence-corrected chi connectivity index (χ1v) is 6.84. The number of nitrogens with two attached hydrogens (primary N) is 1. The first-order chi connectivity index (χ1) is 8.61. The molecule has 3 rings (SSSR count). The van der Waals surface area contributed by atoms with Gasteiger partial charge >= 0.3 is 5.76 Å². The highest BCUT2D eigenvalue weighted by Crippen LogP contribution is 2.35. The van der Waals surface area contributed by atoms with Crippen LogP contribution in [0.25, 0.3) is 11.1 Å². The van der Waals surface area contributed by atoms with Gasteiger partial charge in [0, 0.05) is 27.7 Å². The maximum Gasteiger partial charge on any atom is 0.417 e. The van der Waals surface area contributed by atoms with Crippen LogP contribution in [0.3, 0.4) is 0 Å². The summed E-state index contributed by atoms with van der Waals surface area (Å²) in [6.45, 7) is 1.95. The number of hydrogen-bond acceptors (Lipinski definition) is 6. The van der Waals surface area contributed by atoms with Gasteiger partial charge in [-0.25, -0.2) is 9.78 Å². The van der Waals surface area contributed by atoms with Crippen molar-refractivity contribution in [3.05, 3.63) is 33.8 Å². The van der Waals surface area contributed by atoms with Crippen LogP contribution < -0.4 is 11.5 Å². The summed E-state index contributed by atoms with van der Waals surface area (Å²) >= 11 is 3.04. The Balaban J connectivity index is 2.05. The number of anilines is 1. The number of hydrogen-bond donors (Lipinski definition) is 2. The van der Waals surface area contributed by atoms with Gasteiger partial charge < -0.3 is 10.2 Å². The van der Waals surface area contributed by atoms with E-state index in [1.807, 2.05) is 12.3 Å². The Hall–Kier alpha value is -1.73. The number of oxazole rings is 1. The molecule has 0 saturated heterocycles. The van der Waals surface area contributed by atoms with E-state index in [-0.39, 0.29) is 0 Å². The quantitative estimate of drug-likeness (QED) is 0.704. The molecule has 2 aromatic heterocycles. The van der Waals surface area contributed by atoms with Gasteiger partial charge in [-0.15, -0.1) is 11.3 Å². The molecule has 0 saturated carbocycles. The third-order valence-electron chi connectivity index (χ3n) is 2.35. The second-order valence-corrected chi connectivity index (χ2v) is 5.90. The Morgan fingerprint density at radius 3 is 3.06 bits per heavy atom. The predicted molar refractivity (Wildman–Crippen MR) is 72.2 cm³/mol. The minimum absolute atomic E-state index is 0.470. The van der Waals surface area contributed by atoms with Gasteiger partial charge in [-0.05, 0) is 13.0 Å². The van der Waals surface area contributed by atoms with Crippen LogP contribution in [0.15, 0.2) is 36.0 Å². The molecule has 0 fully saturated rings. The predicted octanol–water partition coefficient (Wildman–Crippen LogP) is 2.62. The Morgan fingerprint density at radius 1 is 1.50 bits per heavy atom. The summed E-state index contributed by atoms with van der Waals surface area (Å²) < 4.78 is 5.87. The standard InChI is InChI=1S/C11H9N3O2S2/c1-5-4-17-11(13-5)18-9-3-7-8(2-6(9)12)16-10(15)14-7/h2-4H,12H2,1H3,(H,14,15). The number of aromatic nitrogens is 2. The van der Waals surface area contributed by atoms with E-state index in [9.17, 15) is 4.79 Å². The molecule has 18 heavy (non-hydrogen) atoms. The molecule has 0 unspecified atom stereocenters. The molecular formula is C11H9N3O2S2. The summed E-state index contributed by atoms with van der Waals surface area (Å²) in [6, 6.07) is 3.45. The maximum absolute atomic E-state index is 11.1. The minimum Gasteiger partial charge on any atom is -0.408 e. The van der Waals surface area contributed by atoms with Gasteiger partial charge in [-0.3, -0.25) is 4.98 Å². The molecule has 0 aliphatic carbocycles. The van der Waals surface area contributed by atoms with Crippen molar-refractivity contribution in [2.45, 2.75) is 16.2 Å². The van der Waals surface area contributed by atoms with Crippen LogP contribution in [0.1, 0.15) is 5.69 Å². The zero-order valence-electron chi connectivity index (χ0n) is 9.39. The summed E-state index contributed by atoms with van der Waals surface area (Å²) in [5.41, 5.74) is 8.60. The Bertz CT molecular complexity index is 772. The molecule has 0 spiro atoms. The van der Waals surface area contributed by atoms with Gasteiger partial charge in [0.05, 0.1) is 5.52 Å². The summed E-state index contributed by atoms with van der Waals surface area (Å²) in [5, 5.41) is 1.98. The van der Waals surface area contributed by atoms with E-state index in [0.717, 1.165) is 14.9 Å². The van der Waals surface area contributed by atoms with E-state index in [1.54, 1.807) is 23.5 Å². The van der Waals surface area contributed by atoms with Crippen molar-refractivity contribution in [2.75, 3.05) is 5.73 Å². The molecule has 1 aromatic carbocycles. The van der Waals surface area contributed by atoms with Gasteiger partial charge in [-0.2, -0.15) is 0 Å². The molecule has 0 radical (unpaired) electrons. The number of rotatable bonds is 2. The molecule has 0 amide bonds. The number of aromatic amines is 1. The number of nitrogen functional groups attached to an aromatic ring is 1. The van der Waals surface area contributed by atoms with Crippen molar-refractivity contribution < 1.29 is 4.42 Å². The van der Waals surface area contributed by atoms with Crippen molar-refractivity contribution >= 4 is 39.9 Å². The fourth-order valence-corrected chi connectivity index (χ4v) is 3.41. The van der Waals surface area contributed by atoms with Gasteiger partial charge in [0.2, 0.25) is 0 Å². The second kappa shape index (κ2) is 4.18. The molecule has 0 bridgehead atoms. The number of fused-ring (bicyclic) bond motifs is 1. The summed E-state index contributed by atoms with van der Waals surface area (Å²) in [6.07, 6.45) is 0. The number of benzene rings is 1. The molecule has 2 heterocycles. The van der Waals surface area contributed by atoms with E-state index in [0.29, 0.717) is 16.8 Å². The normalized spacial score (nSPS) is 11.2. The molecule has 3 N–H and O–H groups in total. The van der Waals surface area contributed by atoms with Crippen LogP contribution in [0.5, 0.6) is 0 Å². The molecule has 0 aliphatic heterocycles. The first kappa shape index (κ1) is 11.4.